The smallest absolute Gasteiger partial charge is 0.354 e. The topological polar surface area (TPSA) is 51.2 Å². The molecule has 1 aliphatic heterocycles. The van der Waals surface area contributed by atoms with Crippen LogP contribution in [0.25, 0.3) is 0 Å². The maximum Gasteiger partial charge on any atom is 0.416 e. The summed E-state index contributed by atoms with van der Waals surface area (Å²) in [6.07, 6.45) is -10.0. The number of alkyl halides is 6. The van der Waals surface area contributed by atoms with E-state index in [1.165, 1.54) is 11.9 Å². The van der Waals surface area contributed by atoms with E-state index in [0.717, 1.165) is 11.5 Å². The van der Waals surface area contributed by atoms with Gasteiger partial charge in [0.25, 0.3) is 0 Å². The second-order valence-electron chi connectivity index (χ2n) is 11.1. The molecule has 0 aromatic heterocycles. The van der Waals surface area contributed by atoms with E-state index in [-0.39, 0.29) is 67.4 Å². The van der Waals surface area contributed by atoms with Crippen LogP contribution in [-0.4, -0.2) is 78.4 Å². The minimum absolute atomic E-state index is 0. The van der Waals surface area contributed by atoms with Gasteiger partial charge in [0.2, 0.25) is 5.91 Å². The zero-order chi connectivity index (χ0) is 31.2. The Hall–Kier alpha value is -2.70. The van der Waals surface area contributed by atoms with Gasteiger partial charge < -0.3 is 15.1 Å². The molecule has 1 heterocycles. The molecule has 0 saturated carbocycles. The summed E-state index contributed by atoms with van der Waals surface area (Å²) >= 11 is 0. The zero-order valence-corrected chi connectivity index (χ0v) is 27.0. The second-order valence-corrected chi connectivity index (χ2v) is 11.1. The Morgan fingerprint density at radius 1 is 0.886 bits per heavy atom. The Kier molecular flexibility index (Phi) is 14.8. The Morgan fingerprint density at radius 3 is 1.86 bits per heavy atom. The quantitative estimate of drug-likeness (QED) is 0.193. The van der Waals surface area contributed by atoms with Crippen LogP contribution in [0.4, 0.5) is 26.3 Å². The van der Waals surface area contributed by atoms with E-state index in [9.17, 15) is 31.1 Å². The monoisotopic (exact) mass is 671 g/mol. The van der Waals surface area contributed by atoms with Crippen molar-refractivity contribution in [2.24, 2.45) is 4.99 Å². The maximum absolute atomic E-state index is 13.8. The fraction of sp³-hybridized carbons (Fsp3) is 0.533. The average molecular weight is 673 g/mol. The number of benzene rings is 2. The van der Waals surface area contributed by atoms with Crippen molar-refractivity contribution >= 4 is 36.7 Å². The van der Waals surface area contributed by atoms with Crippen LogP contribution in [0.2, 0.25) is 0 Å². The first-order chi connectivity index (χ1) is 19.6. The molecule has 248 valence electrons. The van der Waals surface area contributed by atoms with Crippen LogP contribution >= 0.6 is 24.8 Å². The lowest BCUT2D eigenvalue weighted by molar-refractivity contribution is -0.143. The first-order valence-corrected chi connectivity index (χ1v) is 14.0. The van der Waals surface area contributed by atoms with Crippen molar-refractivity contribution in [3.05, 3.63) is 70.8 Å². The number of nitrogens with zero attached hydrogens (tertiary/aromatic N) is 4. The number of guanidine groups is 1. The third-order valence-corrected chi connectivity index (χ3v) is 6.89. The van der Waals surface area contributed by atoms with Crippen molar-refractivity contribution in [3.63, 3.8) is 0 Å². The van der Waals surface area contributed by atoms with Gasteiger partial charge in [-0.1, -0.05) is 30.3 Å². The number of carbonyl (C=O) groups is 1. The summed E-state index contributed by atoms with van der Waals surface area (Å²) in [4.78, 5) is 24.1. The number of aliphatic imine (C=N–C) groups is 1. The Morgan fingerprint density at radius 2 is 1.41 bits per heavy atom. The first kappa shape index (κ1) is 39.3. The van der Waals surface area contributed by atoms with Gasteiger partial charge in [-0.3, -0.25) is 14.7 Å². The van der Waals surface area contributed by atoms with E-state index in [1.807, 2.05) is 58.0 Å². The molecule has 14 heteroatoms. The summed E-state index contributed by atoms with van der Waals surface area (Å²) in [5, 5.41) is 3.40. The molecule has 6 nitrogen and oxygen atoms in total. The summed E-state index contributed by atoms with van der Waals surface area (Å²) in [7, 11) is 1.52. The summed E-state index contributed by atoms with van der Waals surface area (Å²) in [6.45, 7) is 10.4. The summed E-state index contributed by atoms with van der Waals surface area (Å²) in [5.41, 5.74) is -2.11. The van der Waals surface area contributed by atoms with Crippen molar-refractivity contribution < 1.29 is 31.1 Å². The highest BCUT2D eigenvalue weighted by Crippen LogP contribution is 2.36. The fourth-order valence-corrected chi connectivity index (χ4v) is 4.83. The molecule has 1 amide bonds. The molecule has 1 fully saturated rings. The lowest BCUT2D eigenvalue weighted by Crippen LogP contribution is -2.56. The number of halogens is 8. The maximum atomic E-state index is 13.8. The van der Waals surface area contributed by atoms with Gasteiger partial charge in [-0.05, 0) is 63.4 Å². The summed E-state index contributed by atoms with van der Waals surface area (Å²) in [5.74, 6) is 0.521. The van der Waals surface area contributed by atoms with E-state index < -0.39 is 29.5 Å². The van der Waals surface area contributed by atoms with Crippen molar-refractivity contribution in [3.8, 4) is 0 Å². The van der Waals surface area contributed by atoms with Crippen LogP contribution in [-0.2, 0) is 23.6 Å². The summed E-state index contributed by atoms with van der Waals surface area (Å²) < 4.78 is 79.9. The normalized spacial score (nSPS) is 15.5. The molecule has 3 rings (SSSR count). The van der Waals surface area contributed by atoms with Crippen LogP contribution < -0.4 is 5.32 Å². The van der Waals surface area contributed by atoms with Crippen LogP contribution in [0.5, 0.6) is 0 Å². The number of hydrogen-bond donors (Lipinski definition) is 1. The summed E-state index contributed by atoms with van der Waals surface area (Å²) in [6, 6.07) is 10.3. The predicted molar refractivity (Wildman–Crippen MR) is 165 cm³/mol. The van der Waals surface area contributed by atoms with Crippen molar-refractivity contribution in [1.29, 1.82) is 0 Å². The molecule has 1 aliphatic rings. The highest BCUT2D eigenvalue weighted by atomic mass is 35.5. The van der Waals surface area contributed by atoms with Gasteiger partial charge in [0.15, 0.2) is 5.96 Å². The Balaban J connectivity index is 0.00000484. The minimum atomic E-state index is -4.93. The fourth-order valence-electron chi connectivity index (χ4n) is 4.83. The molecule has 0 bridgehead atoms. The van der Waals surface area contributed by atoms with E-state index in [4.69, 9.17) is 4.99 Å². The zero-order valence-electron chi connectivity index (χ0n) is 25.4. The Labute approximate surface area is 267 Å². The lowest BCUT2D eigenvalue weighted by atomic mass is 10.0. The van der Waals surface area contributed by atoms with Gasteiger partial charge in [0, 0.05) is 51.9 Å². The molecule has 1 saturated heterocycles. The molecule has 0 unspecified atom stereocenters. The number of nitrogens with one attached hydrogen (secondary N) is 1. The third-order valence-electron chi connectivity index (χ3n) is 6.89. The molecular weight excluding hydrogens is 631 g/mol. The van der Waals surface area contributed by atoms with E-state index in [2.05, 4.69) is 15.1 Å². The largest absolute Gasteiger partial charge is 0.416 e. The number of carbonyl (C=O) groups excluding carboxylic acids is 1. The van der Waals surface area contributed by atoms with Crippen LogP contribution in [0.3, 0.4) is 0 Å². The van der Waals surface area contributed by atoms with E-state index in [0.29, 0.717) is 38.3 Å². The molecule has 44 heavy (non-hydrogen) atoms. The molecule has 1 N–H and O–H groups in total. The van der Waals surface area contributed by atoms with Gasteiger partial charge >= 0.3 is 12.4 Å². The molecular formula is C30H41Cl2F6N5O. The van der Waals surface area contributed by atoms with Crippen molar-refractivity contribution in [1.82, 2.24) is 20.0 Å². The second kappa shape index (κ2) is 16.6. The molecule has 1 atom stereocenters. The van der Waals surface area contributed by atoms with E-state index in [1.54, 1.807) is 0 Å². The lowest BCUT2D eigenvalue weighted by Gasteiger charge is -2.41. The average Bonchev–Trinajstić information content (AvgIpc) is 2.91. The number of hydrogen-bond acceptors (Lipinski definition) is 3. The van der Waals surface area contributed by atoms with Crippen LogP contribution in [0.1, 0.15) is 56.0 Å². The number of amides is 1. The molecule has 0 radical (unpaired) electrons. The number of rotatable bonds is 8. The van der Waals surface area contributed by atoms with Gasteiger partial charge in [-0.2, -0.15) is 26.3 Å². The minimum Gasteiger partial charge on any atom is -0.354 e. The first-order valence-electron chi connectivity index (χ1n) is 14.0. The Bertz CT molecular complexity index is 1180. The highest BCUT2D eigenvalue weighted by molar-refractivity contribution is 5.86. The molecule has 2 aromatic rings. The van der Waals surface area contributed by atoms with Gasteiger partial charge in [-0.15, -0.1) is 24.8 Å². The van der Waals surface area contributed by atoms with Crippen molar-refractivity contribution in [2.75, 3.05) is 39.8 Å². The molecule has 0 aliphatic carbocycles. The third kappa shape index (κ3) is 11.0. The SMILES string of the molecule is CC(C)N=C(NC(C)C)N1CCN([C@H](C(=O)N(C)CCc2cc(C(F)(F)F)cc(C(F)(F)F)c2)c2ccccc2)CC1.Cl.Cl. The van der Waals surface area contributed by atoms with Gasteiger partial charge in [0.1, 0.15) is 6.04 Å². The van der Waals surface area contributed by atoms with Crippen molar-refractivity contribution in [2.45, 2.75) is 64.6 Å². The predicted octanol–water partition coefficient (Wildman–Crippen LogP) is 6.69. The highest BCUT2D eigenvalue weighted by Gasteiger charge is 2.37. The standard InChI is InChI=1S/C30H39F6N5O.2ClH/c1-20(2)37-28(38-21(3)4)41-15-13-40(14-16-41)26(23-9-7-6-8-10-23)27(42)39(5)12-11-22-17-24(29(31,32)33)19-25(18-22)30(34,35)36;;/h6-10,17-21,26H,11-16H2,1-5H3,(H,37,38);2*1H/t26-;;/m0../s1. The molecule has 0 spiro atoms. The van der Waals surface area contributed by atoms with Gasteiger partial charge in [0.05, 0.1) is 11.1 Å². The molecule has 2 aromatic carbocycles. The van der Waals surface area contributed by atoms with E-state index >= 15 is 0 Å². The van der Waals surface area contributed by atoms with Crippen LogP contribution in [0.15, 0.2) is 53.5 Å². The number of likely N-dealkylation sites (N-methyl/N-ethyl adjacent to an activating group) is 1. The number of piperazine rings is 1. The van der Waals surface area contributed by atoms with Gasteiger partial charge in [-0.25, -0.2) is 0 Å². The van der Waals surface area contributed by atoms with Crippen LogP contribution in [0, 0.1) is 0 Å².